The van der Waals surface area contributed by atoms with Gasteiger partial charge in [0.05, 0.1) is 5.92 Å². The van der Waals surface area contributed by atoms with Crippen LogP contribution in [0.3, 0.4) is 0 Å². The molecule has 19 heavy (non-hydrogen) atoms. The molecule has 2 heterocycles. The summed E-state index contributed by atoms with van der Waals surface area (Å²) in [6, 6.07) is 0. The summed E-state index contributed by atoms with van der Waals surface area (Å²) in [7, 11) is 0. The van der Waals surface area contributed by atoms with Crippen LogP contribution in [-0.2, 0) is 9.59 Å². The molecule has 0 aromatic rings. The van der Waals surface area contributed by atoms with E-state index in [0.717, 1.165) is 52.1 Å². The first kappa shape index (κ1) is 14.3. The average Bonchev–Trinajstić information content (AvgIpc) is 2.46. The van der Waals surface area contributed by atoms with Crippen molar-refractivity contribution in [2.24, 2.45) is 11.7 Å². The molecule has 0 aromatic heterocycles. The number of hydrogen-bond acceptors (Lipinski definition) is 4. The topological polar surface area (TPSA) is 78.7 Å². The Balaban J connectivity index is 1.72. The van der Waals surface area contributed by atoms with Crippen molar-refractivity contribution >= 4 is 11.8 Å². The van der Waals surface area contributed by atoms with Crippen molar-refractivity contribution in [3.63, 3.8) is 0 Å². The van der Waals surface area contributed by atoms with Gasteiger partial charge in [-0.25, -0.2) is 0 Å². The van der Waals surface area contributed by atoms with E-state index in [1.165, 1.54) is 0 Å². The maximum atomic E-state index is 12.0. The second-order valence-electron chi connectivity index (χ2n) is 5.42. The molecule has 2 aliphatic rings. The second kappa shape index (κ2) is 6.86. The van der Waals surface area contributed by atoms with E-state index in [9.17, 15) is 9.59 Å². The largest absolute Gasteiger partial charge is 0.369 e. The molecule has 3 N–H and O–H groups in total. The highest BCUT2D eigenvalue weighted by molar-refractivity contribution is 5.77. The molecule has 2 rings (SSSR count). The Bertz CT molecular complexity index is 329. The maximum Gasteiger partial charge on any atom is 0.223 e. The highest BCUT2D eigenvalue weighted by Crippen LogP contribution is 2.16. The van der Waals surface area contributed by atoms with Gasteiger partial charge in [-0.2, -0.15) is 0 Å². The molecule has 1 atom stereocenters. The molecule has 0 radical (unpaired) electrons. The minimum Gasteiger partial charge on any atom is -0.369 e. The van der Waals surface area contributed by atoms with Crippen LogP contribution in [0, 0.1) is 5.92 Å². The second-order valence-corrected chi connectivity index (χ2v) is 5.42. The summed E-state index contributed by atoms with van der Waals surface area (Å²) in [5.74, 6) is -0.0242. The quantitative estimate of drug-likeness (QED) is 0.686. The number of primary amides is 1. The summed E-state index contributed by atoms with van der Waals surface area (Å²) in [6.07, 6.45) is 2.43. The number of piperazine rings is 1. The number of nitrogens with one attached hydrogen (secondary N) is 1. The Kier molecular flexibility index (Phi) is 5.15. The van der Waals surface area contributed by atoms with Crippen molar-refractivity contribution in [2.75, 3.05) is 45.8 Å². The molecule has 1 unspecified atom stereocenters. The first-order valence-corrected chi connectivity index (χ1v) is 7.17. The molecule has 0 aromatic carbocycles. The molecule has 6 heteroatoms. The van der Waals surface area contributed by atoms with E-state index in [-0.39, 0.29) is 17.7 Å². The maximum absolute atomic E-state index is 12.0. The summed E-state index contributed by atoms with van der Waals surface area (Å²) in [5.41, 5.74) is 5.35. The van der Waals surface area contributed by atoms with Crippen LogP contribution in [-0.4, -0.2) is 67.4 Å². The van der Waals surface area contributed by atoms with E-state index >= 15 is 0 Å². The molecule has 6 nitrogen and oxygen atoms in total. The van der Waals surface area contributed by atoms with Gasteiger partial charge in [-0.15, -0.1) is 0 Å². The van der Waals surface area contributed by atoms with Gasteiger partial charge in [0.25, 0.3) is 0 Å². The highest BCUT2D eigenvalue weighted by atomic mass is 16.2. The Labute approximate surface area is 114 Å². The standard InChI is InChI=1S/C13H24N4O2/c14-13(19)11-2-1-6-16(10-11)7-3-12(18)17-8-4-15-5-9-17/h11,15H,1-10H2,(H2,14,19). The third-order valence-electron chi connectivity index (χ3n) is 4.02. The van der Waals surface area contributed by atoms with Crippen LogP contribution in [0.15, 0.2) is 0 Å². The summed E-state index contributed by atoms with van der Waals surface area (Å²) >= 11 is 0. The monoisotopic (exact) mass is 268 g/mol. The van der Waals surface area contributed by atoms with Crippen LogP contribution in [0.2, 0.25) is 0 Å². The molecular formula is C13H24N4O2. The van der Waals surface area contributed by atoms with Crippen LogP contribution < -0.4 is 11.1 Å². The number of carbonyl (C=O) groups is 2. The normalized spacial score (nSPS) is 25.3. The van der Waals surface area contributed by atoms with Crippen LogP contribution in [0.25, 0.3) is 0 Å². The first-order valence-electron chi connectivity index (χ1n) is 7.17. The Hall–Kier alpha value is -1.14. The Morgan fingerprint density at radius 2 is 1.95 bits per heavy atom. The molecule has 2 saturated heterocycles. The number of likely N-dealkylation sites (tertiary alicyclic amines) is 1. The van der Waals surface area contributed by atoms with E-state index in [4.69, 9.17) is 5.73 Å². The molecule has 0 bridgehead atoms. The molecule has 2 fully saturated rings. The number of nitrogens with zero attached hydrogens (tertiary/aromatic N) is 2. The lowest BCUT2D eigenvalue weighted by Gasteiger charge is -2.32. The minimum absolute atomic E-state index is 0.0389. The van der Waals surface area contributed by atoms with Crippen molar-refractivity contribution in [3.8, 4) is 0 Å². The predicted octanol–water partition coefficient (Wildman–Crippen LogP) is -0.994. The van der Waals surface area contributed by atoms with Crippen molar-refractivity contribution in [1.29, 1.82) is 0 Å². The highest BCUT2D eigenvalue weighted by Gasteiger charge is 2.24. The van der Waals surface area contributed by atoms with E-state index < -0.39 is 0 Å². The van der Waals surface area contributed by atoms with Crippen molar-refractivity contribution < 1.29 is 9.59 Å². The van der Waals surface area contributed by atoms with Gasteiger partial charge in [-0.05, 0) is 19.4 Å². The van der Waals surface area contributed by atoms with Gasteiger partial charge >= 0.3 is 0 Å². The zero-order chi connectivity index (χ0) is 13.7. The van der Waals surface area contributed by atoms with Gasteiger partial charge in [0.2, 0.25) is 11.8 Å². The smallest absolute Gasteiger partial charge is 0.223 e. The molecule has 0 saturated carbocycles. The Morgan fingerprint density at radius 3 is 2.63 bits per heavy atom. The third-order valence-corrected chi connectivity index (χ3v) is 4.02. The molecule has 0 aliphatic carbocycles. The van der Waals surface area contributed by atoms with Gasteiger partial charge in [-0.3, -0.25) is 9.59 Å². The van der Waals surface area contributed by atoms with Gasteiger partial charge < -0.3 is 20.9 Å². The summed E-state index contributed by atoms with van der Waals surface area (Å²) in [6.45, 7) is 5.82. The number of piperidine rings is 1. The fraction of sp³-hybridized carbons (Fsp3) is 0.846. The molecular weight excluding hydrogens is 244 g/mol. The Morgan fingerprint density at radius 1 is 1.21 bits per heavy atom. The minimum atomic E-state index is -0.210. The fourth-order valence-electron chi connectivity index (χ4n) is 2.82. The SMILES string of the molecule is NC(=O)C1CCCN(CCC(=O)N2CCNCC2)C1. The lowest BCUT2D eigenvalue weighted by Crippen LogP contribution is -2.47. The number of nitrogens with two attached hydrogens (primary N) is 1. The van der Waals surface area contributed by atoms with Gasteiger partial charge in [0, 0.05) is 45.7 Å². The molecule has 108 valence electrons. The number of rotatable bonds is 4. The first-order chi connectivity index (χ1) is 9.16. The van der Waals surface area contributed by atoms with Gasteiger partial charge in [0.15, 0.2) is 0 Å². The van der Waals surface area contributed by atoms with E-state index in [1.54, 1.807) is 0 Å². The van der Waals surface area contributed by atoms with Crippen LogP contribution in [0.4, 0.5) is 0 Å². The van der Waals surface area contributed by atoms with Crippen LogP contribution in [0.1, 0.15) is 19.3 Å². The summed E-state index contributed by atoms with van der Waals surface area (Å²) in [5, 5.41) is 3.24. The summed E-state index contributed by atoms with van der Waals surface area (Å²) in [4.78, 5) is 27.4. The number of amides is 2. The predicted molar refractivity (Wildman–Crippen MR) is 72.4 cm³/mol. The number of hydrogen-bond donors (Lipinski definition) is 2. The van der Waals surface area contributed by atoms with Crippen molar-refractivity contribution in [1.82, 2.24) is 15.1 Å². The zero-order valence-electron chi connectivity index (χ0n) is 11.4. The molecule has 2 aliphatic heterocycles. The fourth-order valence-corrected chi connectivity index (χ4v) is 2.82. The van der Waals surface area contributed by atoms with Crippen LogP contribution in [0.5, 0.6) is 0 Å². The van der Waals surface area contributed by atoms with E-state index in [1.807, 2.05) is 4.90 Å². The van der Waals surface area contributed by atoms with E-state index in [0.29, 0.717) is 13.0 Å². The average molecular weight is 268 g/mol. The van der Waals surface area contributed by atoms with Crippen molar-refractivity contribution in [2.45, 2.75) is 19.3 Å². The molecule has 0 spiro atoms. The summed E-state index contributed by atoms with van der Waals surface area (Å²) < 4.78 is 0. The molecule has 2 amide bonds. The van der Waals surface area contributed by atoms with E-state index in [2.05, 4.69) is 10.2 Å². The lowest BCUT2D eigenvalue weighted by atomic mass is 9.97. The van der Waals surface area contributed by atoms with Crippen LogP contribution >= 0.6 is 0 Å². The van der Waals surface area contributed by atoms with Gasteiger partial charge in [-0.1, -0.05) is 0 Å². The van der Waals surface area contributed by atoms with Crippen molar-refractivity contribution in [3.05, 3.63) is 0 Å². The van der Waals surface area contributed by atoms with Gasteiger partial charge in [0.1, 0.15) is 0 Å². The lowest BCUT2D eigenvalue weighted by molar-refractivity contribution is -0.132. The third kappa shape index (κ3) is 4.18. The number of carbonyl (C=O) groups excluding carboxylic acids is 2. The zero-order valence-corrected chi connectivity index (χ0v) is 11.4.